The summed E-state index contributed by atoms with van der Waals surface area (Å²) in [6.07, 6.45) is 8.70. The molecule has 10 atom stereocenters. The molecule has 4 fully saturated rings. The topological polar surface area (TPSA) is 105 Å². The molecule has 0 heterocycles. The van der Waals surface area contributed by atoms with Crippen molar-refractivity contribution in [3.63, 3.8) is 0 Å². The molecule has 6 aliphatic carbocycles. The van der Waals surface area contributed by atoms with Crippen molar-refractivity contribution in [1.82, 2.24) is 0 Å². The Morgan fingerprint density at radius 3 is 1.50 bits per heavy atom. The van der Waals surface area contributed by atoms with E-state index in [0.717, 1.165) is 69.5 Å². The van der Waals surface area contributed by atoms with Crippen molar-refractivity contribution in [2.24, 2.45) is 46.3 Å². The lowest BCUT2D eigenvalue weighted by molar-refractivity contribution is -0.385. The Labute approximate surface area is 257 Å². The van der Waals surface area contributed by atoms with Crippen LogP contribution in [0.5, 0.6) is 11.5 Å². The fourth-order valence-corrected chi connectivity index (χ4v) is 12.9. The van der Waals surface area contributed by atoms with Crippen LogP contribution in [-0.4, -0.2) is 56.8 Å². The zero-order chi connectivity index (χ0) is 30.6. The Morgan fingerprint density at radius 2 is 1.11 bits per heavy atom. The van der Waals surface area contributed by atoms with Crippen molar-refractivity contribution < 1.29 is 34.7 Å². The maximum absolute atomic E-state index is 12.5. The third-order valence-corrected chi connectivity index (χ3v) is 13.9. The molecule has 0 saturated heterocycles. The highest BCUT2D eigenvalue weighted by Crippen LogP contribution is 2.94. The largest absolute Gasteiger partial charge is 0.496 e. The predicted octanol–water partition coefficient (Wildman–Crippen LogP) is 5.22. The lowest BCUT2D eigenvalue weighted by Crippen LogP contribution is -2.85. The molecule has 0 spiro atoms. The maximum atomic E-state index is 12.5. The predicted molar refractivity (Wildman–Crippen MR) is 166 cm³/mol. The van der Waals surface area contributed by atoms with Crippen LogP contribution < -0.4 is 9.47 Å². The van der Waals surface area contributed by atoms with Gasteiger partial charge in [0.05, 0.1) is 39.9 Å². The van der Waals surface area contributed by atoms with Crippen LogP contribution in [0.15, 0.2) is 48.6 Å². The standard InChI is InChI=1S/C34H36O8S2/c1-39-31-21-12-17-7-5-6-8-18(17)13-22(21)32(40-2)26-24-14-23(25(26)31)29-30(24)34(16-42-44(4,37)38)28-20-10-9-19(11-20)27(28)33(29,34)15-41-43(3,35)36/h5-10,12-13,19-20,23-24,27-30H,11,14-16H2,1-4H3/t19-,20+,23-,24+,27+,28-,29-,30+,33+,34-. The van der Waals surface area contributed by atoms with E-state index in [-0.39, 0.29) is 48.7 Å². The third-order valence-electron chi connectivity index (χ3n) is 12.8. The average Bonchev–Trinajstić information content (AvgIpc) is 3.73. The second-order valence-corrected chi connectivity index (χ2v) is 17.4. The SMILES string of the molecule is COc1c2c(c(OC)c3cc4ccccc4cc13)[C@@H]1C[C@H]2[C@@H]2[C@H]1[C@@]1(COS(C)(=O)=O)[C@H]3[C@H]([C@@H]4C=C[C@H]3C4)[C@@]21COS(C)(=O)=O. The van der Waals surface area contributed by atoms with Gasteiger partial charge in [0.1, 0.15) is 11.5 Å². The molecule has 0 N–H and O–H groups in total. The highest BCUT2D eigenvalue weighted by atomic mass is 32.2. The molecule has 3 aromatic carbocycles. The summed E-state index contributed by atoms with van der Waals surface area (Å²) >= 11 is 0. The number of allylic oxidation sites excluding steroid dienone is 2. The normalized spacial score (nSPS) is 38.6. The molecule has 0 radical (unpaired) electrons. The van der Waals surface area contributed by atoms with Gasteiger partial charge < -0.3 is 9.47 Å². The first-order valence-corrected chi connectivity index (χ1v) is 19.1. The van der Waals surface area contributed by atoms with Gasteiger partial charge in [-0.1, -0.05) is 36.4 Å². The lowest BCUT2D eigenvalue weighted by atomic mass is 9.19. The molecule has 0 unspecified atom stereocenters. The second-order valence-electron chi connectivity index (χ2n) is 14.2. The summed E-state index contributed by atoms with van der Waals surface area (Å²) in [7, 11) is -4.00. The van der Waals surface area contributed by atoms with Gasteiger partial charge in [0, 0.05) is 32.7 Å². The summed E-state index contributed by atoms with van der Waals surface area (Å²) in [5.41, 5.74) is 1.29. The molecule has 0 aliphatic heterocycles. The Balaban J connectivity index is 1.29. The number of rotatable bonds is 8. The van der Waals surface area contributed by atoms with E-state index in [1.165, 1.54) is 0 Å². The van der Waals surface area contributed by atoms with Crippen LogP contribution in [0.2, 0.25) is 0 Å². The lowest BCUT2D eigenvalue weighted by Gasteiger charge is -2.84. The molecule has 232 valence electrons. The summed E-state index contributed by atoms with van der Waals surface area (Å²) in [6, 6.07) is 12.6. The summed E-state index contributed by atoms with van der Waals surface area (Å²) < 4.78 is 74.0. The Kier molecular flexibility index (Phi) is 5.38. The van der Waals surface area contributed by atoms with Crippen molar-refractivity contribution in [2.75, 3.05) is 39.9 Å². The van der Waals surface area contributed by atoms with E-state index >= 15 is 0 Å². The fourth-order valence-electron chi connectivity index (χ4n) is 12.1. The molecule has 4 bridgehead atoms. The molecular weight excluding hydrogens is 601 g/mol. The molecular formula is C34H36O8S2. The van der Waals surface area contributed by atoms with Crippen molar-refractivity contribution >= 4 is 41.8 Å². The van der Waals surface area contributed by atoms with Crippen molar-refractivity contribution in [3.05, 3.63) is 59.7 Å². The van der Waals surface area contributed by atoms with Crippen LogP contribution in [0, 0.1) is 46.3 Å². The first-order valence-electron chi connectivity index (χ1n) is 15.4. The molecule has 8 nitrogen and oxygen atoms in total. The zero-order valence-corrected chi connectivity index (χ0v) is 26.8. The van der Waals surface area contributed by atoms with Gasteiger partial charge in [-0.25, -0.2) is 0 Å². The summed E-state index contributed by atoms with van der Waals surface area (Å²) in [4.78, 5) is 0. The summed E-state index contributed by atoms with van der Waals surface area (Å²) in [5.74, 6) is 3.30. The van der Waals surface area contributed by atoms with Gasteiger partial charge in [0.25, 0.3) is 20.2 Å². The van der Waals surface area contributed by atoms with Crippen LogP contribution in [0.25, 0.3) is 21.5 Å². The minimum absolute atomic E-state index is 0.0502. The summed E-state index contributed by atoms with van der Waals surface area (Å²) in [6.45, 7) is 0.100. The Bertz CT molecular complexity index is 1890. The molecule has 44 heavy (non-hydrogen) atoms. The van der Waals surface area contributed by atoms with Crippen molar-refractivity contribution in [3.8, 4) is 11.5 Å². The van der Waals surface area contributed by atoms with Gasteiger partial charge in [-0.05, 0) is 83.1 Å². The number of ether oxygens (including phenoxy) is 2. The second kappa shape index (κ2) is 8.57. The van der Waals surface area contributed by atoms with E-state index in [0.29, 0.717) is 11.8 Å². The van der Waals surface area contributed by atoms with Crippen LogP contribution in [0.1, 0.15) is 35.8 Å². The van der Waals surface area contributed by atoms with Crippen molar-refractivity contribution in [2.45, 2.75) is 24.7 Å². The van der Waals surface area contributed by atoms with E-state index in [1.54, 1.807) is 14.2 Å². The minimum atomic E-state index is -3.73. The van der Waals surface area contributed by atoms with E-state index in [9.17, 15) is 16.8 Å². The Hall–Kier alpha value is -2.66. The molecule has 10 heteroatoms. The van der Waals surface area contributed by atoms with Gasteiger partial charge >= 0.3 is 0 Å². The molecule has 0 aromatic heterocycles. The smallest absolute Gasteiger partial charge is 0.264 e. The zero-order valence-electron chi connectivity index (χ0n) is 25.1. The molecule has 6 aliphatic rings. The van der Waals surface area contributed by atoms with Gasteiger partial charge in [0.15, 0.2) is 0 Å². The molecule has 9 rings (SSSR count). The van der Waals surface area contributed by atoms with Gasteiger partial charge in [-0.2, -0.15) is 16.8 Å². The van der Waals surface area contributed by atoms with E-state index < -0.39 is 31.1 Å². The first kappa shape index (κ1) is 27.6. The average molecular weight is 637 g/mol. The molecule has 4 saturated carbocycles. The van der Waals surface area contributed by atoms with Crippen molar-refractivity contribution in [1.29, 1.82) is 0 Å². The monoisotopic (exact) mass is 636 g/mol. The number of hydrogen-bond acceptors (Lipinski definition) is 8. The van der Waals surface area contributed by atoms with Gasteiger partial charge in [-0.3, -0.25) is 8.37 Å². The van der Waals surface area contributed by atoms with E-state index in [2.05, 4.69) is 36.4 Å². The first-order chi connectivity index (χ1) is 20.9. The number of hydrogen-bond donors (Lipinski definition) is 0. The number of benzene rings is 3. The van der Waals surface area contributed by atoms with Gasteiger partial charge in [0.2, 0.25) is 0 Å². The number of fused-ring (bicyclic) bond motifs is 20. The molecule has 3 aromatic rings. The fraction of sp³-hybridized carbons (Fsp3) is 0.529. The summed E-state index contributed by atoms with van der Waals surface area (Å²) in [5, 5.41) is 4.26. The quantitative estimate of drug-likeness (QED) is 0.144. The number of methoxy groups -OCH3 is 2. The van der Waals surface area contributed by atoms with Crippen LogP contribution >= 0.6 is 0 Å². The van der Waals surface area contributed by atoms with E-state index in [4.69, 9.17) is 17.8 Å². The van der Waals surface area contributed by atoms with Gasteiger partial charge in [-0.15, -0.1) is 0 Å². The highest BCUT2D eigenvalue weighted by molar-refractivity contribution is 7.86. The van der Waals surface area contributed by atoms with Crippen LogP contribution in [-0.2, 0) is 28.6 Å². The Morgan fingerprint density at radius 1 is 0.682 bits per heavy atom. The van der Waals surface area contributed by atoms with E-state index in [1.807, 2.05) is 12.1 Å². The minimum Gasteiger partial charge on any atom is -0.496 e. The van der Waals surface area contributed by atoms with Crippen LogP contribution in [0.3, 0.4) is 0 Å². The third kappa shape index (κ3) is 3.11. The van der Waals surface area contributed by atoms with Crippen LogP contribution in [0.4, 0.5) is 0 Å². The highest BCUT2D eigenvalue weighted by Gasteiger charge is 2.92. The maximum Gasteiger partial charge on any atom is 0.264 e. The molecule has 0 amide bonds.